The average molecular weight is 406 g/mol. The summed E-state index contributed by atoms with van der Waals surface area (Å²) in [5.41, 5.74) is 4.12. The van der Waals surface area contributed by atoms with Crippen LogP contribution in [0.4, 0.5) is 0 Å². The van der Waals surface area contributed by atoms with Gasteiger partial charge in [0.2, 0.25) is 0 Å². The van der Waals surface area contributed by atoms with Gasteiger partial charge in [0.1, 0.15) is 0 Å². The number of aromatic nitrogens is 3. The van der Waals surface area contributed by atoms with Gasteiger partial charge in [-0.15, -0.1) is 0 Å². The van der Waals surface area contributed by atoms with Gasteiger partial charge >= 0.3 is 5.97 Å². The summed E-state index contributed by atoms with van der Waals surface area (Å²) < 4.78 is 2.03. The number of piperazine rings is 1. The van der Waals surface area contributed by atoms with Crippen molar-refractivity contribution in [2.75, 3.05) is 39.8 Å². The summed E-state index contributed by atoms with van der Waals surface area (Å²) in [6, 6.07) is 11.7. The van der Waals surface area contributed by atoms with E-state index in [1.807, 2.05) is 29.1 Å². The molecule has 7 heteroatoms. The molecule has 0 radical (unpaired) electrons. The van der Waals surface area contributed by atoms with E-state index in [0.717, 1.165) is 56.1 Å². The Morgan fingerprint density at radius 2 is 1.80 bits per heavy atom. The van der Waals surface area contributed by atoms with Gasteiger partial charge in [0.15, 0.2) is 0 Å². The van der Waals surface area contributed by atoms with Crippen molar-refractivity contribution in [1.29, 1.82) is 0 Å². The minimum Gasteiger partial charge on any atom is -0.478 e. The average Bonchev–Trinajstić information content (AvgIpc) is 3.16. The molecule has 1 aliphatic heterocycles. The lowest BCUT2D eigenvalue weighted by atomic mass is 9.99. The van der Waals surface area contributed by atoms with Crippen molar-refractivity contribution < 1.29 is 9.90 Å². The van der Waals surface area contributed by atoms with E-state index in [0.29, 0.717) is 12.0 Å². The van der Waals surface area contributed by atoms with Crippen LogP contribution in [0.2, 0.25) is 0 Å². The highest BCUT2D eigenvalue weighted by molar-refractivity contribution is 5.89. The molecule has 0 atom stereocenters. The topological polar surface area (TPSA) is 74.5 Å². The number of nitrogens with zero attached hydrogens (tertiary/aromatic N) is 5. The van der Waals surface area contributed by atoms with Crippen LogP contribution in [0.25, 0.3) is 11.1 Å². The van der Waals surface area contributed by atoms with Crippen molar-refractivity contribution >= 4 is 5.97 Å². The molecule has 0 unspecified atom stereocenters. The zero-order valence-electron chi connectivity index (χ0n) is 17.2. The number of rotatable bonds is 7. The Labute approximate surface area is 176 Å². The molecule has 1 aliphatic rings. The van der Waals surface area contributed by atoms with Crippen LogP contribution >= 0.6 is 0 Å². The number of hydrogen-bond donors (Lipinski definition) is 1. The first kappa shape index (κ1) is 20.3. The molecule has 4 rings (SSSR count). The SMILES string of the molecule is CN1CCN(CCn2ncc(-c3ccccc3)c2Cc2cnccc2C(=O)O)CC1. The Bertz CT molecular complexity index is 994. The van der Waals surface area contributed by atoms with Gasteiger partial charge in [-0.25, -0.2) is 4.79 Å². The fraction of sp³-hybridized carbons (Fsp3) is 0.348. The molecule has 1 saturated heterocycles. The zero-order valence-corrected chi connectivity index (χ0v) is 17.2. The summed E-state index contributed by atoms with van der Waals surface area (Å²) in [7, 11) is 2.16. The number of aromatic carboxylic acids is 1. The van der Waals surface area contributed by atoms with Crippen molar-refractivity contribution in [2.45, 2.75) is 13.0 Å². The van der Waals surface area contributed by atoms with Crippen LogP contribution in [-0.2, 0) is 13.0 Å². The Morgan fingerprint density at radius 3 is 2.53 bits per heavy atom. The van der Waals surface area contributed by atoms with E-state index in [2.05, 4.69) is 39.1 Å². The molecule has 1 N–H and O–H groups in total. The second kappa shape index (κ2) is 9.19. The van der Waals surface area contributed by atoms with Crippen molar-refractivity contribution in [2.24, 2.45) is 0 Å². The van der Waals surface area contributed by atoms with E-state index in [1.54, 1.807) is 12.3 Å². The van der Waals surface area contributed by atoms with Crippen molar-refractivity contribution in [3.05, 3.63) is 71.8 Å². The van der Waals surface area contributed by atoms with Crippen LogP contribution in [0, 0.1) is 0 Å². The molecule has 3 heterocycles. The Balaban J connectivity index is 1.62. The predicted octanol–water partition coefficient (Wildman–Crippen LogP) is 2.48. The summed E-state index contributed by atoms with van der Waals surface area (Å²) in [6.45, 7) is 5.98. The van der Waals surface area contributed by atoms with E-state index in [-0.39, 0.29) is 5.56 Å². The molecule has 2 aromatic heterocycles. The van der Waals surface area contributed by atoms with Gasteiger partial charge in [0.05, 0.1) is 24.0 Å². The monoisotopic (exact) mass is 405 g/mol. The predicted molar refractivity (Wildman–Crippen MR) is 116 cm³/mol. The first-order chi connectivity index (χ1) is 14.6. The molecule has 0 amide bonds. The summed E-state index contributed by atoms with van der Waals surface area (Å²) in [5, 5.41) is 14.3. The Morgan fingerprint density at radius 1 is 1.03 bits per heavy atom. The maximum absolute atomic E-state index is 11.7. The fourth-order valence-electron chi connectivity index (χ4n) is 3.91. The van der Waals surface area contributed by atoms with Gasteiger partial charge < -0.3 is 10.0 Å². The molecule has 3 aromatic rings. The van der Waals surface area contributed by atoms with E-state index < -0.39 is 5.97 Å². The third kappa shape index (κ3) is 4.58. The second-order valence-electron chi connectivity index (χ2n) is 7.75. The number of pyridine rings is 1. The van der Waals surface area contributed by atoms with Gasteiger partial charge in [0.25, 0.3) is 0 Å². The Kier molecular flexibility index (Phi) is 6.21. The fourth-order valence-corrected chi connectivity index (χ4v) is 3.91. The molecule has 0 spiro atoms. The highest BCUT2D eigenvalue weighted by Crippen LogP contribution is 2.26. The minimum absolute atomic E-state index is 0.288. The summed E-state index contributed by atoms with van der Waals surface area (Å²) in [6.07, 6.45) is 5.54. The molecule has 7 nitrogen and oxygen atoms in total. The summed E-state index contributed by atoms with van der Waals surface area (Å²) in [4.78, 5) is 20.7. The molecule has 0 saturated carbocycles. The molecule has 156 valence electrons. The van der Waals surface area contributed by atoms with E-state index in [9.17, 15) is 9.90 Å². The number of carbonyl (C=O) groups is 1. The molecule has 30 heavy (non-hydrogen) atoms. The lowest BCUT2D eigenvalue weighted by Gasteiger charge is -2.32. The summed E-state index contributed by atoms with van der Waals surface area (Å²) in [5.74, 6) is -0.933. The number of hydrogen-bond acceptors (Lipinski definition) is 5. The third-order valence-electron chi connectivity index (χ3n) is 5.75. The normalized spacial score (nSPS) is 15.4. The molecular weight excluding hydrogens is 378 g/mol. The quantitative estimate of drug-likeness (QED) is 0.651. The van der Waals surface area contributed by atoms with Crippen LogP contribution in [0.5, 0.6) is 0 Å². The third-order valence-corrected chi connectivity index (χ3v) is 5.75. The highest BCUT2D eigenvalue weighted by atomic mass is 16.4. The van der Waals surface area contributed by atoms with Crippen LogP contribution in [0.1, 0.15) is 21.6 Å². The zero-order chi connectivity index (χ0) is 20.9. The molecule has 0 aliphatic carbocycles. The van der Waals surface area contributed by atoms with Crippen molar-refractivity contribution in [3.63, 3.8) is 0 Å². The van der Waals surface area contributed by atoms with Crippen molar-refractivity contribution in [3.8, 4) is 11.1 Å². The summed E-state index contributed by atoms with van der Waals surface area (Å²) >= 11 is 0. The standard InChI is InChI=1S/C23H27N5O2/c1-26-9-11-27(12-10-26)13-14-28-22(15-19-16-24-8-7-20(19)23(29)30)21(17-25-28)18-5-3-2-4-6-18/h2-8,16-17H,9-15H2,1H3,(H,29,30). The van der Waals surface area contributed by atoms with Gasteiger partial charge in [-0.3, -0.25) is 14.6 Å². The van der Waals surface area contributed by atoms with Gasteiger partial charge in [-0.2, -0.15) is 5.10 Å². The Hall–Kier alpha value is -3.03. The smallest absolute Gasteiger partial charge is 0.336 e. The maximum Gasteiger partial charge on any atom is 0.336 e. The maximum atomic E-state index is 11.7. The number of carboxylic acids is 1. The highest BCUT2D eigenvalue weighted by Gasteiger charge is 2.19. The van der Waals surface area contributed by atoms with E-state index in [1.165, 1.54) is 6.20 Å². The molecule has 1 aromatic carbocycles. The lowest BCUT2D eigenvalue weighted by molar-refractivity contribution is 0.0695. The minimum atomic E-state index is -0.933. The molecule has 0 bridgehead atoms. The van der Waals surface area contributed by atoms with Gasteiger partial charge in [-0.1, -0.05) is 30.3 Å². The number of benzene rings is 1. The van der Waals surface area contributed by atoms with Gasteiger partial charge in [0, 0.05) is 57.1 Å². The lowest BCUT2D eigenvalue weighted by Crippen LogP contribution is -2.45. The van der Waals surface area contributed by atoms with Crippen LogP contribution < -0.4 is 0 Å². The number of carboxylic acid groups (broad SMARTS) is 1. The number of likely N-dealkylation sites (N-methyl/N-ethyl adjacent to an activating group) is 1. The van der Waals surface area contributed by atoms with E-state index in [4.69, 9.17) is 0 Å². The first-order valence-electron chi connectivity index (χ1n) is 10.3. The molecule has 1 fully saturated rings. The van der Waals surface area contributed by atoms with Crippen molar-refractivity contribution in [1.82, 2.24) is 24.6 Å². The largest absolute Gasteiger partial charge is 0.478 e. The first-order valence-corrected chi connectivity index (χ1v) is 10.3. The van der Waals surface area contributed by atoms with Crippen LogP contribution in [-0.4, -0.2) is 75.4 Å². The molecular formula is C23H27N5O2. The second-order valence-corrected chi connectivity index (χ2v) is 7.75. The van der Waals surface area contributed by atoms with Gasteiger partial charge in [-0.05, 0) is 24.2 Å². The van der Waals surface area contributed by atoms with Crippen LogP contribution in [0.3, 0.4) is 0 Å². The van der Waals surface area contributed by atoms with E-state index >= 15 is 0 Å². The van der Waals surface area contributed by atoms with Crippen LogP contribution in [0.15, 0.2) is 55.0 Å².